The van der Waals surface area contributed by atoms with Gasteiger partial charge < -0.3 is 10.4 Å². The number of rotatable bonds is 5. The highest BCUT2D eigenvalue weighted by atomic mass is 32.2. The molecule has 0 aliphatic heterocycles. The van der Waals surface area contributed by atoms with Gasteiger partial charge in [-0.15, -0.1) is 0 Å². The van der Waals surface area contributed by atoms with E-state index >= 15 is 0 Å². The Morgan fingerprint density at radius 2 is 2.00 bits per heavy atom. The van der Waals surface area contributed by atoms with Crippen LogP contribution in [0.3, 0.4) is 0 Å². The Labute approximate surface area is 100 Å². The minimum absolute atomic E-state index is 0.0624. The van der Waals surface area contributed by atoms with Gasteiger partial charge in [-0.25, -0.2) is 8.42 Å². The monoisotopic (exact) mass is 263 g/mol. The number of carboxylic acids is 1. The van der Waals surface area contributed by atoms with Crippen LogP contribution in [0.1, 0.15) is 25.7 Å². The van der Waals surface area contributed by atoms with Gasteiger partial charge in [-0.05, 0) is 19.3 Å². The van der Waals surface area contributed by atoms with Gasteiger partial charge in [0.15, 0.2) is 0 Å². The highest BCUT2D eigenvalue weighted by Gasteiger charge is 2.30. The van der Waals surface area contributed by atoms with Gasteiger partial charge in [0, 0.05) is 18.7 Å². The summed E-state index contributed by atoms with van der Waals surface area (Å²) < 4.78 is 21.7. The maximum absolute atomic E-state index is 11.4. The van der Waals surface area contributed by atoms with Gasteiger partial charge in [-0.1, -0.05) is 0 Å². The third kappa shape index (κ3) is 5.16. The van der Waals surface area contributed by atoms with Crippen molar-refractivity contribution in [3.8, 4) is 0 Å². The summed E-state index contributed by atoms with van der Waals surface area (Å²) in [5.41, 5.74) is 0. The van der Waals surface area contributed by atoms with E-state index in [-0.39, 0.29) is 24.1 Å². The normalized spacial score (nSPS) is 24.5. The largest absolute Gasteiger partial charge is 0.481 e. The summed E-state index contributed by atoms with van der Waals surface area (Å²) in [6.07, 6.45) is 2.65. The fraction of sp³-hybridized carbons (Fsp3) is 0.800. The third-order valence-electron chi connectivity index (χ3n) is 2.85. The summed E-state index contributed by atoms with van der Waals surface area (Å²) in [6.45, 7) is 0. The molecule has 0 spiro atoms. The van der Waals surface area contributed by atoms with E-state index in [9.17, 15) is 18.0 Å². The number of carboxylic acid groups (broad SMARTS) is 1. The van der Waals surface area contributed by atoms with E-state index in [2.05, 4.69) is 5.32 Å². The van der Waals surface area contributed by atoms with Crippen molar-refractivity contribution in [3.05, 3.63) is 0 Å². The first-order valence-electron chi connectivity index (χ1n) is 5.48. The lowest BCUT2D eigenvalue weighted by atomic mass is 10.1. The van der Waals surface area contributed by atoms with Crippen LogP contribution >= 0.6 is 0 Å². The van der Waals surface area contributed by atoms with Gasteiger partial charge in [-0.2, -0.15) is 0 Å². The molecule has 0 heterocycles. The Hall–Kier alpha value is -1.11. The minimum Gasteiger partial charge on any atom is -0.481 e. The van der Waals surface area contributed by atoms with E-state index in [0.717, 1.165) is 6.26 Å². The van der Waals surface area contributed by atoms with Gasteiger partial charge in [0.05, 0.1) is 11.7 Å². The maximum atomic E-state index is 11.4. The van der Waals surface area contributed by atoms with Crippen LogP contribution in [-0.2, 0) is 19.4 Å². The lowest BCUT2D eigenvalue weighted by Crippen LogP contribution is -2.34. The molecule has 2 atom stereocenters. The summed E-state index contributed by atoms with van der Waals surface area (Å²) in [5.74, 6) is -1.73. The number of nitrogens with one attached hydrogen (secondary N) is 1. The molecule has 6 nitrogen and oxygen atoms in total. The van der Waals surface area contributed by atoms with Crippen LogP contribution < -0.4 is 5.32 Å². The molecule has 0 aromatic rings. The van der Waals surface area contributed by atoms with Crippen LogP contribution in [0.25, 0.3) is 0 Å². The first kappa shape index (κ1) is 14.0. The summed E-state index contributed by atoms with van der Waals surface area (Å²) in [7, 11) is -3.13. The van der Waals surface area contributed by atoms with Crippen LogP contribution in [0.4, 0.5) is 0 Å². The van der Waals surface area contributed by atoms with Crippen LogP contribution in [0.2, 0.25) is 0 Å². The van der Waals surface area contributed by atoms with Crippen molar-refractivity contribution >= 4 is 21.7 Å². The zero-order chi connectivity index (χ0) is 13.1. The van der Waals surface area contributed by atoms with Gasteiger partial charge >= 0.3 is 5.97 Å². The molecule has 7 heteroatoms. The number of hydrogen-bond acceptors (Lipinski definition) is 4. The molecule has 1 fully saturated rings. The Morgan fingerprint density at radius 3 is 2.47 bits per heavy atom. The standard InChI is InChI=1S/C10H17NO5S/c1-17(15,16)5-4-9(12)11-8-3-2-7(6-8)10(13)14/h7-8H,2-6H2,1H3,(H,11,12)(H,13,14). The van der Waals surface area contributed by atoms with Crippen molar-refractivity contribution < 1.29 is 23.1 Å². The maximum Gasteiger partial charge on any atom is 0.306 e. The Balaban J connectivity index is 2.31. The topological polar surface area (TPSA) is 101 Å². The first-order valence-corrected chi connectivity index (χ1v) is 7.54. The summed E-state index contributed by atoms with van der Waals surface area (Å²) in [6, 6.07) is -0.136. The van der Waals surface area contributed by atoms with Crippen molar-refractivity contribution in [2.45, 2.75) is 31.7 Å². The quantitative estimate of drug-likeness (QED) is 0.715. The van der Waals surface area contributed by atoms with E-state index in [4.69, 9.17) is 5.11 Å². The second-order valence-corrected chi connectivity index (χ2v) is 6.75. The van der Waals surface area contributed by atoms with E-state index in [1.54, 1.807) is 0 Å². The predicted octanol–water partition coefficient (Wildman–Crippen LogP) is -0.209. The molecule has 2 N–H and O–H groups in total. The number of hydrogen-bond donors (Lipinski definition) is 2. The Morgan fingerprint density at radius 1 is 1.35 bits per heavy atom. The lowest BCUT2D eigenvalue weighted by molar-refractivity contribution is -0.141. The molecule has 98 valence electrons. The van der Waals surface area contributed by atoms with Crippen molar-refractivity contribution in [1.29, 1.82) is 0 Å². The average molecular weight is 263 g/mol. The number of carbonyl (C=O) groups is 2. The molecular formula is C10H17NO5S. The molecular weight excluding hydrogens is 246 g/mol. The van der Waals surface area contributed by atoms with E-state index in [1.807, 2.05) is 0 Å². The fourth-order valence-corrected chi connectivity index (χ4v) is 2.47. The van der Waals surface area contributed by atoms with Crippen LogP contribution in [-0.4, -0.2) is 43.5 Å². The SMILES string of the molecule is CS(=O)(=O)CCC(=O)NC1CCC(C(=O)O)C1. The average Bonchev–Trinajstić information content (AvgIpc) is 2.62. The second-order valence-electron chi connectivity index (χ2n) is 4.49. The number of sulfone groups is 1. The zero-order valence-corrected chi connectivity index (χ0v) is 10.5. The van der Waals surface area contributed by atoms with Crippen LogP contribution in [0.15, 0.2) is 0 Å². The Bertz CT molecular complexity index is 403. The predicted molar refractivity (Wildman–Crippen MR) is 61.2 cm³/mol. The number of carbonyl (C=O) groups excluding carboxylic acids is 1. The number of aliphatic carboxylic acids is 1. The molecule has 0 aromatic heterocycles. The smallest absolute Gasteiger partial charge is 0.306 e. The molecule has 0 radical (unpaired) electrons. The zero-order valence-electron chi connectivity index (χ0n) is 9.68. The van der Waals surface area contributed by atoms with Crippen molar-refractivity contribution in [2.24, 2.45) is 5.92 Å². The molecule has 2 unspecified atom stereocenters. The van der Waals surface area contributed by atoms with E-state index in [0.29, 0.717) is 19.3 Å². The molecule has 0 aromatic carbocycles. The number of amides is 1. The summed E-state index contributed by atoms with van der Waals surface area (Å²) in [4.78, 5) is 22.1. The van der Waals surface area contributed by atoms with Crippen molar-refractivity contribution in [3.63, 3.8) is 0 Å². The first-order chi connectivity index (χ1) is 7.78. The van der Waals surface area contributed by atoms with Gasteiger partial charge in [0.1, 0.15) is 9.84 Å². The molecule has 1 saturated carbocycles. The van der Waals surface area contributed by atoms with Crippen LogP contribution in [0, 0.1) is 5.92 Å². The minimum atomic E-state index is -3.13. The molecule has 1 amide bonds. The second kappa shape index (κ2) is 5.48. The third-order valence-corrected chi connectivity index (χ3v) is 3.79. The van der Waals surface area contributed by atoms with E-state index < -0.39 is 21.7 Å². The molecule has 0 bridgehead atoms. The summed E-state index contributed by atoms with van der Waals surface area (Å²) >= 11 is 0. The highest BCUT2D eigenvalue weighted by Crippen LogP contribution is 2.25. The van der Waals surface area contributed by atoms with Gasteiger partial charge in [-0.3, -0.25) is 9.59 Å². The summed E-state index contributed by atoms with van der Waals surface area (Å²) in [5, 5.41) is 11.5. The van der Waals surface area contributed by atoms with Gasteiger partial charge in [0.2, 0.25) is 5.91 Å². The van der Waals surface area contributed by atoms with Crippen LogP contribution in [0.5, 0.6) is 0 Å². The molecule has 1 aliphatic rings. The molecule has 17 heavy (non-hydrogen) atoms. The molecule has 1 aliphatic carbocycles. The molecule has 1 rings (SSSR count). The van der Waals surface area contributed by atoms with E-state index in [1.165, 1.54) is 0 Å². The Kier molecular flexibility index (Phi) is 4.50. The molecule has 0 saturated heterocycles. The van der Waals surface area contributed by atoms with Gasteiger partial charge in [0.25, 0.3) is 0 Å². The highest BCUT2D eigenvalue weighted by molar-refractivity contribution is 7.90. The van der Waals surface area contributed by atoms with Crippen molar-refractivity contribution in [1.82, 2.24) is 5.32 Å². The lowest BCUT2D eigenvalue weighted by Gasteiger charge is -2.11. The fourth-order valence-electron chi connectivity index (χ4n) is 1.91. The van der Waals surface area contributed by atoms with Crippen molar-refractivity contribution in [2.75, 3.05) is 12.0 Å².